The van der Waals surface area contributed by atoms with Gasteiger partial charge in [0.25, 0.3) is 5.88 Å². The van der Waals surface area contributed by atoms with E-state index in [2.05, 4.69) is 15.3 Å². The fraction of sp³-hybridized carbons (Fsp3) is 0.0909. The van der Waals surface area contributed by atoms with E-state index in [0.717, 1.165) is 10.1 Å². The molecule has 2 aromatic carbocycles. The minimum absolute atomic E-state index is 0.0810. The summed E-state index contributed by atoms with van der Waals surface area (Å²) >= 11 is 5.93. The summed E-state index contributed by atoms with van der Waals surface area (Å²) < 4.78 is 21.4. The Kier molecular flexibility index (Phi) is 6.00. The Bertz CT molecular complexity index is 1370. The lowest BCUT2D eigenvalue weighted by molar-refractivity contribution is 0.423. The average Bonchev–Trinajstić information content (AvgIpc) is 2.79. The third-order valence-corrected chi connectivity index (χ3v) is 4.82. The maximum Gasteiger partial charge on any atom is 0.354 e. The minimum atomic E-state index is -0.685. The van der Waals surface area contributed by atoms with E-state index in [9.17, 15) is 14.0 Å². The van der Waals surface area contributed by atoms with E-state index < -0.39 is 17.2 Å². The lowest BCUT2D eigenvalue weighted by Gasteiger charge is -2.14. The van der Waals surface area contributed by atoms with Crippen molar-refractivity contribution in [2.75, 3.05) is 5.32 Å². The van der Waals surface area contributed by atoms with Gasteiger partial charge in [0.2, 0.25) is 5.95 Å². The summed E-state index contributed by atoms with van der Waals surface area (Å²) in [7, 11) is 1.36. The summed E-state index contributed by atoms with van der Waals surface area (Å²) in [6.07, 6.45) is 1.43. The number of anilines is 2. The Balaban J connectivity index is 1.61. The van der Waals surface area contributed by atoms with Gasteiger partial charge in [-0.25, -0.2) is 23.5 Å². The van der Waals surface area contributed by atoms with Crippen molar-refractivity contribution >= 4 is 23.2 Å². The molecule has 10 heteroatoms. The van der Waals surface area contributed by atoms with Crippen LogP contribution in [0, 0.1) is 5.82 Å². The molecule has 2 heterocycles. The molecule has 0 aliphatic carbocycles. The van der Waals surface area contributed by atoms with Gasteiger partial charge < -0.3 is 10.1 Å². The lowest BCUT2D eigenvalue weighted by atomic mass is 10.2. The monoisotopic (exact) mass is 453 g/mol. The Morgan fingerprint density at radius 3 is 2.47 bits per heavy atom. The Morgan fingerprint density at radius 1 is 1.06 bits per heavy atom. The maximum atomic E-state index is 13.7. The molecule has 0 unspecified atom stereocenters. The molecule has 0 saturated heterocycles. The van der Waals surface area contributed by atoms with Gasteiger partial charge in [-0.05, 0) is 54.1 Å². The zero-order chi connectivity index (χ0) is 22.7. The summed E-state index contributed by atoms with van der Waals surface area (Å²) in [4.78, 5) is 32.7. The number of benzene rings is 2. The zero-order valence-electron chi connectivity index (χ0n) is 16.8. The van der Waals surface area contributed by atoms with E-state index in [1.54, 1.807) is 48.5 Å². The summed E-state index contributed by atoms with van der Waals surface area (Å²) in [5, 5.41) is 3.56. The topological polar surface area (TPSA) is 91.0 Å². The molecule has 0 saturated carbocycles. The highest BCUT2D eigenvalue weighted by Crippen LogP contribution is 2.24. The SMILES string of the molecule is Cn1c(=O)nc(Nc2ccc(Oc3ncccc3F)cc2)n(Cc2ccc(Cl)cc2)c1=O. The number of ether oxygens (including phenoxy) is 1. The zero-order valence-corrected chi connectivity index (χ0v) is 17.6. The molecule has 162 valence electrons. The number of pyridine rings is 1. The molecular weight excluding hydrogens is 437 g/mol. The summed E-state index contributed by atoms with van der Waals surface area (Å²) in [6.45, 7) is 0.180. The van der Waals surface area contributed by atoms with Gasteiger partial charge >= 0.3 is 11.4 Å². The normalized spacial score (nSPS) is 10.7. The highest BCUT2D eigenvalue weighted by atomic mass is 35.5. The molecule has 32 heavy (non-hydrogen) atoms. The third-order valence-electron chi connectivity index (χ3n) is 4.57. The van der Waals surface area contributed by atoms with E-state index in [0.29, 0.717) is 16.5 Å². The first-order valence-corrected chi connectivity index (χ1v) is 9.86. The lowest BCUT2D eigenvalue weighted by Crippen LogP contribution is -2.41. The Labute approximate surface area is 186 Å². The number of nitrogens with zero attached hydrogens (tertiary/aromatic N) is 4. The van der Waals surface area contributed by atoms with Crippen molar-refractivity contribution in [1.82, 2.24) is 19.1 Å². The summed E-state index contributed by atoms with van der Waals surface area (Å²) in [5.41, 5.74) is 0.147. The molecule has 2 aromatic heterocycles. The van der Waals surface area contributed by atoms with Crippen molar-refractivity contribution in [1.29, 1.82) is 0 Å². The molecule has 1 N–H and O–H groups in total. The van der Waals surface area contributed by atoms with Gasteiger partial charge in [0.1, 0.15) is 5.75 Å². The van der Waals surface area contributed by atoms with E-state index in [-0.39, 0.29) is 18.4 Å². The number of nitrogens with one attached hydrogen (secondary N) is 1. The van der Waals surface area contributed by atoms with Crippen LogP contribution < -0.4 is 21.4 Å². The Hall–Kier alpha value is -3.98. The fourth-order valence-corrected chi connectivity index (χ4v) is 3.01. The molecule has 0 spiro atoms. The van der Waals surface area contributed by atoms with Crippen molar-refractivity contribution in [3.63, 3.8) is 0 Å². The molecule has 0 aliphatic rings. The number of halogens is 2. The van der Waals surface area contributed by atoms with Crippen molar-refractivity contribution in [2.24, 2.45) is 7.05 Å². The minimum Gasteiger partial charge on any atom is -0.436 e. The molecule has 4 aromatic rings. The summed E-state index contributed by atoms with van der Waals surface area (Å²) in [6, 6.07) is 16.2. The van der Waals surface area contributed by atoms with Crippen LogP contribution >= 0.6 is 11.6 Å². The second-order valence-corrected chi connectivity index (χ2v) is 7.25. The second kappa shape index (κ2) is 9.03. The van der Waals surface area contributed by atoms with Gasteiger partial charge in [-0.1, -0.05) is 23.7 Å². The van der Waals surface area contributed by atoms with Crippen LogP contribution in [-0.2, 0) is 13.6 Å². The van der Waals surface area contributed by atoms with Gasteiger partial charge in [-0.3, -0.25) is 4.57 Å². The van der Waals surface area contributed by atoms with Crippen LogP contribution in [0.15, 0.2) is 76.4 Å². The molecule has 4 rings (SSSR count). The Morgan fingerprint density at radius 2 is 1.78 bits per heavy atom. The van der Waals surface area contributed by atoms with E-state index >= 15 is 0 Å². The van der Waals surface area contributed by atoms with Crippen molar-refractivity contribution < 1.29 is 9.13 Å². The van der Waals surface area contributed by atoms with Crippen LogP contribution in [0.1, 0.15) is 5.56 Å². The van der Waals surface area contributed by atoms with Gasteiger partial charge in [0, 0.05) is 24.0 Å². The van der Waals surface area contributed by atoms with Crippen molar-refractivity contribution in [3.8, 4) is 11.6 Å². The molecule has 8 nitrogen and oxygen atoms in total. The number of aromatic nitrogens is 4. The van der Waals surface area contributed by atoms with Crippen LogP contribution in [0.3, 0.4) is 0 Å². The third kappa shape index (κ3) is 4.68. The van der Waals surface area contributed by atoms with Gasteiger partial charge in [0.15, 0.2) is 5.82 Å². The first-order valence-electron chi connectivity index (χ1n) is 9.48. The van der Waals surface area contributed by atoms with E-state index in [1.165, 1.54) is 29.9 Å². The van der Waals surface area contributed by atoms with Gasteiger partial charge in [0.05, 0.1) is 6.54 Å². The van der Waals surface area contributed by atoms with Gasteiger partial charge in [-0.15, -0.1) is 0 Å². The largest absolute Gasteiger partial charge is 0.436 e. The first kappa shape index (κ1) is 21.3. The molecule has 0 bridgehead atoms. The smallest absolute Gasteiger partial charge is 0.354 e. The maximum absolute atomic E-state index is 13.7. The predicted molar refractivity (Wildman–Crippen MR) is 118 cm³/mol. The fourth-order valence-electron chi connectivity index (χ4n) is 2.88. The molecule has 0 radical (unpaired) electrons. The summed E-state index contributed by atoms with van der Waals surface area (Å²) in [5.74, 6) is -0.274. The predicted octanol–water partition coefficient (Wildman–Crippen LogP) is 3.71. The first-order chi connectivity index (χ1) is 15.4. The highest BCUT2D eigenvalue weighted by Gasteiger charge is 2.12. The number of hydrogen-bond acceptors (Lipinski definition) is 6. The molecule has 0 fully saturated rings. The number of hydrogen-bond donors (Lipinski definition) is 1. The molecule has 0 aliphatic heterocycles. The molecular formula is C22H17ClFN5O3. The van der Waals surface area contributed by atoms with Crippen LogP contribution in [-0.4, -0.2) is 19.1 Å². The van der Waals surface area contributed by atoms with E-state index in [1.807, 2.05) is 0 Å². The van der Waals surface area contributed by atoms with Gasteiger partial charge in [-0.2, -0.15) is 4.98 Å². The number of rotatable bonds is 6. The van der Waals surface area contributed by atoms with Crippen LogP contribution in [0.2, 0.25) is 5.02 Å². The van der Waals surface area contributed by atoms with Crippen LogP contribution in [0.5, 0.6) is 11.6 Å². The van der Waals surface area contributed by atoms with E-state index in [4.69, 9.17) is 16.3 Å². The van der Waals surface area contributed by atoms with Crippen LogP contribution in [0.4, 0.5) is 16.0 Å². The quantitative estimate of drug-likeness (QED) is 0.478. The molecule has 0 atom stereocenters. The van der Waals surface area contributed by atoms with Crippen molar-refractivity contribution in [2.45, 2.75) is 6.54 Å². The average molecular weight is 454 g/mol. The van der Waals surface area contributed by atoms with Crippen molar-refractivity contribution in [3.05, 3.63) is 104 Å². The molecule has 0 amide bonds. The van der Waals surface area contributed by atoms with Crippen LogP contribution in [0.25, 0.3) is 0 Å². The standard InChI is InChI=1S/C22H17ClFN5O3/c1-28-21(30)27-20(29(22(28)31)13-14-4-6-15(23)7-5-14)26-16-8-10-17(11-9-16)32-19-18(24)3-2-12-25-19/h2-12H,13H2,1H3,(H,26,27,30). The highest BCUT2D eigenvalue weighted by molar-refractivity contribution is 6.30. The second-order valence-electron chi connectivity index (χ2n) is 6.81.